The average Bonchev–Trinajstić information content (AvgIpc) is 2.25. The largest absolute Gasteiger partial charge is 0.444 e. The second-order valence-electron chi connectivity index (χ2n) is 7.34. The number of nitrogens with one attached hydrogen (secondary N) is 2. The van der Waals surface area contributed by atoms with Crippen LogP contribution in [0.1, 0.15) is 60.3 Å². The molecule has 0 saturated heterocycles. The van der Waals surface area contributed by atoms with Crippen molar-refractivity contribution >= 4 is 6.09 Å². The summed E-state index contributed by atoms with van der Waals surface area (Å²) >= 11 is 0. The molecule has 0 aliphatic heterocycles. The minimum Gasteiger partial charge on any atom is -0.444 e. The molecular formula is C16H32N2O2. The Balaban J connectivity index is 2.13. The Morgan fingerprint density at radius 3 is 2.65 bits per heavy atom. The Hall–Kier alpha value is -0.770. The highest BCUT2D eigenvalue weighted by atomic mass is 16.6. The van der Waals surface area contributed by atoms with Gasteiger partial charge < -0.3 is 15.4 Å². The molecule has 0 bridgehead atoms. The van der Waals surface area contributed by atoms with Gasteiger partial charge in [0, 0.05) is 12.6 Å². The lowest BCUT2D eigenvalue weighted by molar-refractivity contribution is 0.0508. The van der Waals surface area contributed by atoms with Crippen molar-refractivity contribution in [3.05, 3.63) is 0 Å². The van der Waals surface area contributed by atoms with Gasteiger partial charge in [-0.1, -0.05) is 19.8 Å². The summed E-state index contributed by atoms with van der Waals surface area (Å²) in [6.07, 6.45) is 5.08. The van der Waals surface area contributed by atoms with Crippen LogP contribution in [0.2, 0.25) is 0 Å². The molecular weight excluding hydrogens is 252 g/mol. The SMILES string of the molecule is CC1CCCC(CNCC(C)NC(=O)OC(C)(C)C)C1. The third kappa shape index (κ3) is 7.73. The van der Waals surface area contributed by atoms with Crippen LogP contribution in [-0.4, -0.2) is 30.8 Å². The maximum atomic E-state index is 11.6. The second kappa shape index (κ2) is 7.87. The fourth-order valence-corrected chi connectivity index (χ4v) is 2.81. The van der Waals surface area contributed by atoms with E-state index in [1.807, 2.05) is 27.7 Å². The van der Waals surface area contributed by atoms with E-state index in [-0.39, 0.29) is 12.1 Å². The van der Waals surface area contributed by atoms with Gasteiger partial charge >= 0.3 is 6.09 Å². The molecule has 1 aliphatic rings. The molecule has 2 N–H and O–H groups in total. The summed E-state index contributed by atoms with van der Waals surface area (Å²) in [5, 5.41) is 6.33. The van der Waals surface area contributed by atoms with Crippen LogP contribution in [0.3, 0.4) is 0 Å². The molecule has 1 rings (SSSR count). The predicted molar refractivity (Wildman–Crippen MR) is 82.8 cm³/mol. The first kappa shape index (κ1) is 17.3. The number of rotatable bonds is 5. The van der Waals surface area contributed by atoms with Crippen molar-refractivity contribution in [3.63, 3.8) is 0 Å². The molecule has 0 aromatic carbocycles. The number of hydrogen-bond donors (Lipinski definition) is 2. The van der Waals surface area contributed by atoms with Gasteiger partial charge in [0.2, 0.25) is 0 Å². The first-order valence-electron chi connectivity index (χ1n) is 7.96. The highest BCUT2D eigenvalue weighted by Crippen LogP contribution is 2.27. The highest BCUT2D eigenvalue weighted by molar-refractivity contribution is 5.68. The van der Waals surface area contributed by atoms with Gasteiger partial charge in [0.25, 0.3) is 0 Å². The highest BCUT2D eigenvalue weighted by Gasteiger charge is 2.20. The molecule has 0 radical (unpaired) electrons. The summed E-state index contributed by atoms with van der Waals surface area (Å²) in [5.41, 5.74) is -0.435. The van der Waals surface area contributed by atoms with Crippen molar-refractivity contribution in [3.8, 4) is 0 Å². The second-order valence-corrected chi connectivity index (χ2v) is 7.34. The smallest absolute Gasteiger partial charge is 0.407 e. The Morgan fingerprint density at radius 1 is 1.35 bits per heavy atom. The minimum absolute atomic E-state index is 0.0888. The topological polar surface area (TPSA) is 50.4 Å². The molecule has 4 heteroatoms. The lowest BCUT2D eigenvalue weighted by Crippen LogP contribution is -2.43. The maximum absolute atomic E-state index is 11.6. The molecule has 3 atom stereocenters. The van der Waals surface area contributed by atoms with Crippen LogP contribution in [0.15, 0.2) is 0 Å². The molecule has 1 saturated carbocycles. The van der Waals surface area contributed by atoms with E-state index >= 15 is 0 Å². The van der Waals surface area contributed by atoms with E-state index in [9.17, 15) is 4.79 Å². The molecule has 0 aromatic heterocycles. The standard InChI is InChI=1S/C16H32N2O2/c1-12-7-6-8-14(9-12)11-17-10-13(2)18-15(19)20-16(3,4)5/h12-14,17H,6-11H2,1-5H3,(H,18,19). The van der Waals surface area contributed by atoms with E-state index < -0.39 is 5.60 Å². The van der Waals surface area contributed by atoms with Crippen LogP contribution in [0, 0.1) is 11.8 Å². The number of ether oxygens (including phenoxy) is 1. The first-order chi connectivity index (χ1) is 9.26. The van der Waals surface area contributed by atoms with E-state index in [0.717, 1.165) is 24.9 Å². The van der Waals surface area contributed by atoms with Gasteiger partial charge in [-0.05, 0) is 58.9 Å². The molecule has 3 unspecified atom stereocenters. The van der Waals surface area contributed by atoms with Gasteiger partial charge in [0.15, 0.2) is 0 Å². The van der Waals surface area contributed by atoms with Crippen molar-refractivity contribution in [1.29, 1.82) is 0 Å². The van der Waals surface area contributed by atoms with E-state index in [4.69, 9.17) is 4.74 Å². The normalized spacial score (nSPS) is 25.1. The number of amides is 1. The predicted octanol–water partition coefficient (Wildman–Crippen LogP) is 3.32. The number of hydrogen-bond acceptors (Lipinski definition) is 3. The summed E-state index contributed by atoms with van der Waals surface area (Å²) in [6.45, 7) is 11.8. The molecule has 1 aliphatic carbocycles. The van der Waals surface area contributed by atoms with Crippen LogP contribution in [0.4, 0.5) is 4.79 Å². The number of carbonyl (C=O) groups excluding carboxylic acids is 1. The minimum atomic E-state index is -0.435. The summed E-state index contributed by atoms with van der Waals surface area (Å²) in [6, 6.07) is 0.0888. The van der Waals surface area contributed by atoms with Crippen molar-refractivity contribution in [2.75, 3.05) is 13.1 Å². The van der Waals surface area contributed by atoms with Gasteiger partial charge in [-0.2, -0.15) is 0 Å². The van der Waals surface area contributed by atoms with Crippen LogP contribution < -0.4 is 10.6 Å². The zero-order valence-corrected chi connectivity index (χ0v) is 13.8. The van der Waals surface area contributed by atoms with Crippen molar-refractivity contribution in [2.24, 2.45) is 11.8 Å². The van der Waals surface area contributed by atoms with E-state index in [1.54, 1.807) is 0 Å². The van der Waals surface area contributed by atoms with Crippen molar-refractivity contribution in [1.82, 2.24) is 10.6 Å². The van der Waals surface area contributed by atoms with E-state index in [1.165, 1.54) is 25.7 Å². The van der Waals surface area contributed by atoms with Crippen LogP contribution in [0.5, 0.6) is 0 Å². The molecule has 20 heavy (non-hydrogen) atoms. The van der Waals surface area contributed by atoms with Crippen LogP contribution in [-0.2, 0) is 4.74 Å². The van der Waals surface area contributed by atoms with E-state index in [0.29, 0.717) is 0 Å². The first-order valence-corrected chi connectivity index (χ1v) is 7.96. The van der Waals surface area contributed by atoms with Crippen LogP contribution >= 0.6 is 0 Å². The zero-order chi connectivity index (χ0) is 15.2. The average molecular weight is 284 g/mol. The van der Waals surface area contributed by atoms with Gasteiger partial charge in [-0.25, -0.2) is 4.79 Å². The maximum Gasteiger partial charge on any atom is 0.407 e. The van der Waals surface area contributed by atoms with Gasteiger partial charge in [-0.15, -0.1) is 0 Å². The Bertz CT molecular complexity index is 299. The summed E-state index contributed by atoms with van der Waals surface area (Å²) in [5.74, 6) is 1.67. The molecule has 0 aromatic rings. The van der Waals surface area contributed by atoms with Crippen molar-refractivity contribution < 1.29 is 9.53 Å². The van der Waals surface area contributed by atoms with E-state index in [2.05, 4.69) is 17.6 Å². The number of alkyl carbamates (subject to hydrolysis) is 1. The van der Waals surface area contributed by atoms with Crippen molar-refractivity contribution in [2.45, 2.75) is 71.9 Å². The van der Waals surface area contributed by atoms with Gasteiger partial charge in [0.1, 0.15) is 5.60 Å². The molecule has 0 spiro atoms. The Morgan fingerprint density at radius 2 is 2.05 bits per heavy atom. The lowest BCUT2D eigenvalue weighted by atomic mass is 9.82. The summed E-state index contributed by atoms with van der Waals surface area (Å²) in [4.78, 5) is 11.6. The quantitative estimate of drug-likeness (QED) is 0.814. The molecule has 1 amide bonds. The number of carbonyl (C=O) groups is 1. The zero-order valence-electron chi connectivity index (χ0n) is 13.8. The third-order valence-electron chi connectivity index (χ3n) is 3.69. The van der Waals surface area contributed by atoms with Gasteiger partial charge in [0.05, 0.1) is 0 Å². The lowest BCUT2D eigenvalue weighted by Gasteiger charge is -2.27. The van der Waals surface area contributed by atoms with Crippen LogP contribution in [0.25, 0.3) is 0 Å². The molecule has 0 heterocycles. The van der Waals surface area contributed by atoms with Gasteiger partial charge in [-0.3, -0.25) is 0 Å². The monoisotopic (exact) mass is 284 g/mol. The Kier molecular flexibility index (Phi) is 6.80. The fraction of sp³-hybridized carbons (Fsp3) is 0.938. The molecule has 4 nitrogen and oxygen atoms in total. The molecule has 118 valence electrons. The third-order valence-corrected chi connectivity index (χ3v) is 3.69. The Labute approximate surface area is 124 Å². The summed E-state index contributed by atoms with van der Waals surface area (Å²) < 4.78 is 5.24. The summed E-state index contributed by atoms with van der Waals surface area (Å²) in [7, 11) is 0. The molecule has 1 fully saturated rings. The fourth-order valence-electron chi connectivity index (χ4n) is 2.81.